The summed E-state index contributed by atoms with van der Waals surface area (Å²) in [7, 11) is 0. The topological polar surface area (TPSA) is 141 Å². The number of hydrogen-bond donors (Lipinski definition) is 4. The summed E-state index contributed by atoms with van der Waals surface area (Å²) in [5.74, 6) is -0.381. The second kappa shape index (κ2) is 13.0. The number of fused-ring (bicyclic) bond motifs is 1. The van der Waals surface area contributed by atoms with Crippen LogP contribution in [0.25, 0.3) is 10.9 Å². The molecule has 0 unspecified atom stereocenters. The molecular formula is C33H46N4O6. The number of H-pyrrole nitrogens is 1. The minimum absolute atomic E-state index is 0.0733. The molecule has 2 aromatic rings. The predicted octanol–water partition coefficient (Wildman–Crippen LogP) is 5.93. The number of likely N-dealkylation sites (tertiary alicyclic amines) is 1. The molecule has 0 spiro atoms. The van der Waals surface area contributed by atoms with E-state index >= 15 is 0 Å². The summed E-state index contributed by atoms with van der Waals surface area (Å²) in [4.78, 5) is 56.1. The summed E-state index contributed by atoms with van der Waals surface area (Å²) < 4.78 is 5.35. The third-order valence-electron chi connectivity index (χ3n) is 9.50. The zero-order valence-electron chi connectivity index (χ0n) is 25.6. The minimum Gasteiger partial charge on any atom is -0.477 e. The van der Waals surface area contributed by atoms with E-state index in [1.165, 1.54) is 19.3 Å². The Kier molecular flexibility index (Phi) is 9.32. The molecule has 0 radical (unpaired) electrons. The molecule has 1 saturated heterocycles. The SMILES string of the molecule is CC(C)(C)OC(=O)NCC1CCC(C(=O)N2CC[C@@H](C3CCCCC3)[C@H]2C(=O)Nc2ccc3[nH]c(C(=O)O)cc3c2)CC1. The highest BCUT2D eigenvalue weighted by molar-refractivity contribution is 6.00. The van der Waals surface area contributed by atoms with Crippen LogP contribution in [0.1, 0.15) is 95.5 Å². The highest BCUT2D eigenvalue weighted by atomic mass is 16.6. The maximum absolute atomic E-state index is 14.0. The third-order valence-corrected chi connectivity index (χ3v) is 9.50. The maximum atomic E-state index is 14.0. The highest BCUT2D eigenvalue weighted by Gasteiger charge is 2.46. The third kappa shape index (κ3) is 7.51. The predicted molar refractivity (Wildman–Crippen MR) is 164 cm³/mol. The molecule has 3 amide bonds. The molecule has 4 N–H and O–H groups in total. The number of benzene rings is 1. The number of nitrogens with one attached hydrogen (secondary N) is 3. The van der Waals surface area contributed by atoms with Gasteiger partial charge in [0.2, 0.25) is 11.8 Å². The van der Waals surface area contributed by atoms with Crippen LogP contribution in [0, 0.1) is 23.7 Å². The quantitative estimate of drug-likeness (QED) is 0.313. The summed E-state index contributed by atoms with van der Waals surface area (Å²) in [5, 5.41) is 16.0. The van der Waals surface area contributed by atoms with Crippen molar-refractivity contribution in [2.45, 2.75) is 96.6 Å². The van der Waals surface area contributed by atoms with Gasteiger partial charge in [-0.05, 0) is 94.9 Å². The van der Waals surface area contributed by atoms with E-state index in [0.29, 0.717) is 41.5 Å². The van der Waals surface area contributed by atoms with E-state index in [2.05, 4.69) is 15.6 Å². The van der Waals surface area contributed by atoms with Gasteiger partial charge in [-0.2, -0.15) is 0 Å². The van der Waals surface area contributed by atoms with Gasteiger partial charge in [0.05, 0.1) is 0 Å². The van der Waals surface area contributed by atoms with Crippen molar-refractivity contribution in [1.29, 1.82) is 0 Å². The van der Waals surface area contributed by atoms with E-state index in [0.717, 1.165) is 44.9 Å². The number of carboxylic acid groups (broad SMARTS) is 1. The van der Waals surface area contributed by atoms with Crippen LogP contribution in [0.3, 0.4) is 0 Å². The number of aromatic nitrogens is 1. The zero-order valence-corrected chi connectivity index (χ0v) is 25.6. The molecule has 43 heavy (non-hydrogen) atoms. The van der Waals surface area contributed by atoms with Crippen molar-refractivity contribution in [2.24, 2.45) is 23.7 Å². The van der Waals surface area contributed by atoms with Gasteiger partial charge < -0.3 is 30.4 Å². The number of nitrogens with zero attached hydrogens (tertiary/aromatic N) is 1. The molecule has 10 heteroatoms. The number of amides is 3. The number of carbonyl (C=O) groups excluding carboxylic acids is 3. The number of alkyl carbamates (subject to hydrolysis) is 1. The van der Waals surface area contributed by atoms with Gasteiger partial charge in [0.1, 0.15) is 17.3 Å². The fourth-order valence-corrected chi connectivity index (χ4v) is 7.39. The molecule has 5 rings (SSSR count). The van der Waals surface area contributed by atoms with Crippen LogP contribution in [0.4, 0.5) is 10.5 Å². The Hall–Kier alpha value is -3.56. The largest absolute Gasteiger partial charge is 0.477 e. The fourth-order valence-electron chi connectivity index (χ4n) is 7.39. The molecule has 1 aliphatic heterocycles. The zero-order chi connectivity index (χ0) is 30.7. The Morgan fingerprint density at radius 1 is 0.977 bits per heavy atom. The van der Waals surface area contributed by atoms with Gasteiger partial charge in [0, 0.05) is 35.6 Å². The van der Waals surface area contributed by atoms with Crippen LogP contribution >= 0.6 is 0 Å². The fraction of sp³-hybridized carbons (Fsp3) is 0.636. The number of rotatable bonds is 7. The molecule has 2 aliphatic carbocycles. The normalized spacial score (nSPS) is 25.0. The van der Waals surface area contributed by atoms with Crippen LogP contribution in [0.5, 0.6) is 0 Å². The summed E-state index contributed by atoms with van der Waals surface area (Å²) in [6, 6.07) is 6.36. The van der Waals surface area contributed by atoms with Crippen LogP contribution in [0.15, 0.2) is 24.3 Å². The van der Waals surface area contributed by atoms with Crippen molar-refractivity contribution >= 4 is 40.5 Å². The van der Waals surface area contributed by atoms with E-state index in [1.807, 2.05) is 25.7 Å². The lowest BCUT2D eigenvalue weighted by Crippen LogP contribution is -2.49. The standard InChI is InChI=1S/C33H46N4O6/c1-33(2,3)43-32(42)34-19-20-9-11-22(12-10-20)30(39)37-16-15-25(21-7-5-4-6-8-21)28(37)29(38)35-24-13-14-26-23(17-24)18-27(36-26)31(40)41/h13-14,17-18,20-22,25,28,36H,4-12,15-16,19H2,1-3H3,(H,34,42)(H,35,38)(H,40,41)/t20?,22?,25-,28-/m0/s1. The van der Waals surface area contributed by atoms with Crippen LogP contribution in [0.2, 0.25) is 0 Å². The molecule has 234 valence electrons. The first-order valence-corrected chi connectivity index (χ1v) is 15.9. The minimum atomic E-state index is -1.04. The van der Waals surface area contributed by atoms with E-state index in [9.17, 15) is 24.3 Å². The Morgan fingerprint density at radius 2 is 1.70 bits per heavy atom. The molecule has 1 aromatic heterocycles. The number of anilines is 1. The van der Waals surface area contributed by atoms with Crippen molar-refractivity contribution in [2.75, 3.05) is 18.4 Å². The van der Waals surface area contributed by atoms with E-state index in [4.69, 9.17) is 4.74 Å². The van der Waals surface area contributed by atoms with Crippen molar-refractivity contribution < 1.29 is 29.0 Å². The molecule has 2 saturated carbocycles. The van der Waals surface area contributed by atoms with Gasteiger partial charge in [-0.15, -0.1) is 0 Å². The lowest BCUT2D eigenvalue weighted by molar-refractivity contribution is -0.142. The van der Waals surface area contributed by atoms with Gasteiger partial charge in [-0.1, -0.05) is 32.1 Å². The highest BCUT2D eigenvalue weighted by Crippen LogP contribution is 2.41. The lowest BCUT2D eigenvalue weighted by atomic mass is 9.76. The number of carboxylic acids is 1. The van der Waals surface area contributed by atoms with E-state index in [1.54, 1.807) is 24.3 Å². The van der Waals surface area contributed by atoms with Gasteiger partial charge in [0.25, 0.3) is 0 Å². The van der Waals surface area contributed by atoms with Crippen LogP contribution < -0.4 is 10.6 Å². The number of aromatic carboxylic acids is 1. The van der Waals surface area contributed by atoms with Crippen LogP contribution in [-0.4, -0.2) is 63.6 Å². The summed E-state index contributed by atoms with van der Waals surface area (Å²) >= 11 is 0. The average Bonchev–Trinajstić information content (AvgIpc) is 3.61. The second-order valence-electron chi connectivity index (χ2n) is 13.7. The molecule has 3 fully saturated rings. The van der Waals surface area contributed by atoms with Crippen LogP contribution in [-0.2, 0) is 14.3 Å². The molecule has 2 atom stereocenters. The lowest BCUT2D eigenvalue weighted by Gasteiger charge is -2.36. The van der Waals surface area contributed by atoms with Gasteiger partial charge in [0.15, 0.2) is 0 Å². The Morgan fingerprint density at radius 3 is 2.37 bits per heavy atom. The van der Waals surface area contributed by atoms with Crippen molar-refractivity contribution in [1.82, 2.24) is 15.2 Å². The molecule has 2 heterocycles. The Balaban J connectivity index is 1.25. The Bertz CT molecular complexity index is 1330. The van der Waals surface area contributed by atoms with Crippen molar-refractivity contribution in [3.8, 4) is 0 Å². The van der Waals surface area contributed by atoms with E-state index in [-0.39, 0.29) is 29.3 Å². The number of aromatic amines is 1. The average molecular weight is 595 g/mol. The first-order chi connectivity index (χ1) is 20.5. The number of hydrogen-bond acceptors (Lipinski definition) is 5. The van der Waals surface area contributed by atoms with Gasteiger partial charge in [-0.3, -0.25) is 9.59 Å². The smallest absolute Gasteiger partial charge is 0.407 e. The number of carbonyl (C=O) groups is 4. The van der Waals surface area contributed by atoms with Crippen molar-refractivity contribution in [3.05, 3.63) is 30.0 Å². The second-order valence-corrected chi connectivity index (χ2v) is 13.7. The Labute approximate surface area is 253 Å². The monoisotopic (exact) mass is 594 g/mol. The summed E-state index contributed by atoms with van der Waals surface area (Å²) in [5.41, 5.74) is 0.831. The van der Waals surface area contributed by atoms with Gasteiger partial charge in [-0.25, -0.2) is 9.59 Å². The molecule has 1 aromatic carbocycles. The van der Waals surface area contributed by atoms with E-state index < -0.39 is 23.7 Å². The molecule has 3 aliphatic rings. The van der Waals surface area contributed by atoms with Crippen molar-refractivity contribution in [3.63, 3.8) is 0 Å². The maximum Gasteiger partial charge on any atom is 0.407 e. The molecule has 0 bridgehead atoms. The first-order valence-electron chi connectivity index (χ1n) is 15.9. The summed E-state index contributed by atoms with van der Waals surface area (Å²) in [6.07, 6.45) is 9.36. The molecule has 10 nitrogen and oxygen atoms in total. The summed E-state index contributed by atoms with van der Waals surface area (Å²) in [6.45, 7) is 6.65. The molecular weight excluding hydrogens is 548 g/mol. The van der Waals surface area contributed by atoms with Gasteiger partial charge >= 0.3 is 12.1 Å². The number of ether oxygens (including phenoxy) is 1. The first kappa shape index (κ1) is 30.9.